The number of carbonyl (C=O) groups is 2. The molecule has 1 aromatic carbocycles. The molecule has 0 unspecified atom stereocenters. The van der Waals surface area contributed by atoms with Gasteiger partial charge >= 0.3 is 6.03 Å². The highest BCUT2D eigenvalue weighted by atomic mass is 16.2. The van der Waals surface area contributed by atoms with E-state index in [1.807, 2.05) is 64.2 Å². The molecule has 2 N–H and O–H groups in total. The average Bonchev–Trinajstić information content (AvgIpc) is 3.40. The Balaban J connectivity index is 1.08. The number of hydrogen-bond acceptors (Lipinski definition) is 4. The van der Waals surface area contributed by atoms with E-state index < -0.39 is 0 Å². The molecule has 0 radical (unpaired) electrons. The van der Waals surface area contributed by atoms with Gasteiger partial charge in [0.05, 0.1) is 5.69 Å². The summed E-state index contributed by atoms with van der Waals surface area (Å²) in [4.78, 5) is 35.2. The van der Waals surface area contributed by atoms with Crippen LogP contribution in [0.15, 0.2) is 85.5 Å². The molecule has 8 nitrogen and oxygen atoms in total. The van der Waals surface area contributed by atoms with Crippen molar-refractivity contribution in [3.63, 3.8) is 0 Å². The molecular weight excluding hydrogens is 452 g/mol. The molecule has 4 aromatic rings. The quantitative estimate of drug-likeness (QED) is 0.398. The van der Waals surface area contributed by atoms with Gasteiger partial charge in [-0.25, -0.2) is 9.78 Å². The number of imidazole rings is 1. The Morgan fingerprint density at radius 1 is 0.972 bits per heavy atom. The topological polar surface area (TPSA) is 91.6 Å². The lowest BCUT2D eigenvalue weighted by atomic mass is 9.89. The van der Waals surface area contributed by atoms with Crippen LogP contribution in [0.4, 0.5) is 10.5 Å². The SMILES string of the molecule is O=C(NCc1ccn2ccnc2c1)Nc1ccc(C2CCN(C(=O)C=Cc3ccccn3)CC2)cc1. The van der Waals surface area contributed by atoms with Gasteiger partial charge in [0.15, 0.2) is 0 Å². The van der Waals surface area contributed by atoms with Gasteiger partial charge in [-0.3, -0.25) is 9.78 Å². The maximum atomic E-state index is 12.5. The maximum Gasteiger partial charge on any atom is 0.319 e. The van der Waals surface area contributed by atoms with Crippen LogP contribution < -0.4 is 10.6 Å². The minimum atomic E-state index is -0.253. The van der Waals surface area contributed by atoms with Crippen molar-refractivity contribution < 1.29 is 9.59 Å². The molecular formula is C28H28N6O2. The van der Waals surface area contributed by atoms with Gasteiger partial charge in [-0.1, -0.05) is 18.2 Å². The number of aromatic nitrogens is 3. The van der Waals surface area contributed by atoms with Crippen molar-refractivity contribution >= 4 is 29.3 Å². The molecule has 36 heavy (non-hydrogen) atoms. The Hall–Kier alpha value is -4.46. The van der Waals surface area contributed by atoms with Crippen molar-refractivity contribution in [3.8, 4) is 0 Å². The second kappa shape index (κ2) is 10.9. The minimum Gasteiger partial charge on any atom is -0.339 e. The Labute approximate surface area is 209 Å². The van der Waals surface area contributed by atoms with E-state index in [0.717, 1.165) is 48.5 Å². The zero-order chi connectivity index (χ0) is 24.7. The summed E-state index contributed by atoms with van der Waals surface area (Å²) in [6.07, 6.45) is 12.5. The van der Waals surface area contributed by atoms with Crippen LogP contribution in [0.1, 0.15) is 35.6 Å². The molecule has 8 heteroatoms. The summed E-state index contributed by atoms with van der Waals surface area (Å²) in [5, 5.41) is 5.77. The van der Waals surface area contributed by atoms with Crippen LogP contribution in [0.3, 0.4) is 0 Å². The van der Waals surface area contributed by atoms with E-state index in [1.165, 1.54) is 5.56 Å². The molecule has 0 spiro atoms. The van der Waals surface area contributed by atoms with Crippen molar-refractivity contribution in [1.29, 1.82) is 0 Å². The van der Waals surface area contributed by atoms with Gasteiger partial charge in [-0.2, -0.15) is 0 Å². The average molecular weight is 481 g/mol. The van der Waals surface area contributed by atoms with E-state index in [2.05, 4.69) is 32.7 Å². The summed E-state index contributed by atoms with van der Waals surface area (Å²) < 4.78 is 1.92. The van der Waals surface area contributed by atoms with Crippen LogP contribution >= 0.6 is 0 Å². The molecule has 0 aliphatic carbocycles. The lowest BCUT2D eigenvalue weighted by molar-refractivity contribution is -0.126. The molecule has 1 fully saturated rings. The number of amides is 3. The molecule has 3 aromatic heterocycles. The number of pyridine rings is 2. The number of piperidine rings is 1. The molecule has 5 rings (SSSR count). The van der Waals surface area contributed by atoms with Crippen LogP contribution in [0.5, 0.6) is 0 Å². The predicted molar refractivity (Wildman–Crippen MR) is 139 cm³/mol. The Morgan fingerprint density at radius 3 is 2.58 bits per heavy atom. The number of likely N-dealkylation sites (tertiary alicyclic amines) is 1. The third-order valence-electron chi connectivity index (χ3n) is 6.45. The summed E-state index contributed by atoms with van der Waals surface area (Å²) in [7, 11) is 0. The van der Waals surface area contributed by atoms with Crippen LogP contribution in [-0.2, 0) is 11.3 Å². The smallest absolute Gasteiger partial charge is 0.319 e. The summed E-state index contributed by atoms with van der Waals surface area (Å²) >= 11 is 0. The van der Waals surface area contributed by atoms with Crippen molar-refractivity contribution in [1.82, 2.24) is 24.6 Å². The Kier molecular flexibility index (Phi) is 7.02. The fourth-order valence-corrected chi connectivity index (χ4v) is 4.43. The lowest BCUT2D eigenvalue weighted by Crippen LogP contribution is -2.36. The number of urea groups is 1. The van der Waals surface area contributed by atoms with Gasteiger partial charge in [0.2, 0.25) is 5.91 Å². The second-order valence-corrected chi connectivity index (χ2v) is 8.84. The predicted octanol–water partition coefficient (Wildman–Crippen LogP) is 4.47. The zero-order valence-electron chi connectivity index (χ0n) is 19.9. The molecule has 0 bridgehead atoms. The second-order valence-electron chi connectivity index (χ2n) is 8.84. The van der Waals surface area contributed by atoms with Crippen molar-refractivity contribution in [2.75, 3.05) is 18.4 Å². The van der Waals surface area contributed by atoms with Gasteiger partial charge in [-0.05, 0) is 72.4 Å². The number of rotatable bonds is 6. The largest absolute Gasteiger partial charge is 0.339 e. The monoisotopic (exact) mass is 480 g/mol. The van der Waals surface area contributed by atoms with E-state index >= 15 is 0 Å². The van der Waals surface area contributed by atoms with Crippen molar-refractivity contribution in [3.05, 3.63) is 102 Å². The van der Waals surface area contributed by atoms with Gasteiger partial charge in [-0.15, -0.1) is 0 Å². The van der Waals surface area contributed by atoms with E-state index in [9.17, 15) is 9.59 Å². The van der Waals surface area contributed by atoms with Crippen LogP contribution in [-0.4, -0.2) is 44.3 Å². The highest BCUT2D eigenvalue weighted by molar-refractivity contribution is 5.91. The summed E-state index contributed by atoms with van der Waals surface area (Å²) in [5.41, 5.74) is 4.58. The molecule has 1 aliphatic heterocycles. The molecule has 1 saturated heterocycles. The maximum absolute atomic E-state index is 12.5. The van der Waals surface area contributed by atoms with E-state index in [1.54, 1.807) is 24.5 Å². The number of fused-ring (bicyclic) bond motifs is 1. The molecule has 3 amide bonds. The summed E-state index contributed by atoms with van der Waals surface area (Å²) in [6.45, 7) is 1.87. The standard InChI is InChI=1S/C28H28N6O2/c35-27(9-8-24-3-1-2-13-29-24)34-16-11-23(12-17-34)22-4-6-25(7-5-22)32-28(36)31-20-21-10-15-33-18-14-30-26(33)19-21/h1-10,13-15,18-19,23H,11-12,16-17,20H2,(H2,31,32,36). The minimum absolute atomic E-state index is 0.0226. The van der Waals surface area contributed by atoms with E-state index in [4.69, 9.17) is 0 Å². The number of benzene rings is 1. The number of anilines is 1. The lowest BCUT2D eigenvalue weighted by Gasteiger charge is -2.31. The first-order valence-electron chi connectivity index (χ1n) is 12.1. The van der Waals surface area contributed by atoms with Crippen molar-refractivity contribution in [2.24, 2.45) is 0 Å². The van der Waals surface area contributed by atoms with Gasteiger partial charge in [0, 0.05) is 56.2 Å². The number of nitrogens with zero attached hydrogens (tertiary/aromatic N) is 4. The van der Waals surface area contributed by atoms with E-state index in [0.29, 0.717) is 12.5 Å². The fraction of sp³-hybridized carbons (Fsp3) is 0.214. The fourth-order valence-electron chi connectivity index (χ4n) is 4.43. The molecule has 0 saturated carbocycles. The zero-order valence-corrected chi connectivity index (χ0v) is 19.9. The number of nitrogens with one attached hydrogen (secondary N) is 2. The van der Waals surface area contributed by atoms with E-state index in [-0.39, 0.29) is 11.9 Å². The third-order valence-corrected chi connectivity index (χ3v) is 6.45. The van der Waals surface area contributed by atoms with Gasteiger partial charge in [0.1, 0.15) is 5.65 Å². The van der Waals surface area contributed by atoms with Crippen LogP contribution in [0, 0.1) is 0 Å². The molecule has 1 aliphatic rings. The summed E-state index contributed by atoms with van der Waals surface area (Å²) in [6, 6.07) is 17.3. The first kappa shape index (κ1) is 23.3. The van der Waals surface area contributed by atoms with Crippen LogP contribution in [0.2, 0.25) is 0 Å². The molecule has 4 heterocycles. The third kappa shape index (κ3) is 5.78. The number of hydrogen-bond donors (Lipinski definition) is 2. The highest BCUT2D eigenvalue weighted by Gasteiger charge is 2.22. The first-order chi connectivity index (χ1) is 17.6. The Bertz CT molecular complexity index is 1360. The first-order valence-corrected chi connectivity index (χ1v) is 12.1. The van der Waals surface area contributed by atoms with Gasteiger partial charge in [0.25, 0.3) is 0 Å². The summed E-state index contributed by atoms with van der Waals surface area (Å²) in [5.74, 6) is 0.420. The number of carbonyl (C=O) groups excluding carboxylic acids is 2. The van der Waals surface area contributed by atoms with Gasteiger partial charge < -0.3 is 19.9 Å². The molecule has 182 valence electrons. The molecule has 0 atom stereocenters. The van der Waals surface area contributed by atoms with Crippen LogP contribution in [0.25, 0.3) is 11.7 Å². The Morgan fingerprint density at radius 2 is 1.81 bits per heavy atom. The normalized spacial score (nSPS) is 14.3. The highest BCUT2D eigenvalue weighted by Crippen LogP contribution is 2.29. The van der Waals surface area contributed by atoms with Crippen molar-refractivity contribution in [2.45, 2.75) is 25.3 Å².